The van der Waals surface area contributed by atoms with Gasteiger partial charge in [-0.25, -0.2) is 9.97 Å². The third-order valence-corrected chi connectivity index (χ3v) is 4.63. The highest BCUT2D eigenvalue weighted by atomic mass is 16.5. The molecule has 0 saturated carbocycles. The minimum atomic E-state index is 0.660. The summed E-state index contributed by atoms with van der Waals surface area (Å²) in [6, 6.07) is 6.10. The van der Waals surface area contributed by atoms with Gasteiger partial charge < -0.3 is 14.6 Å². The van der Waals surface area contributed by atoms with Gasteiger partial charge in [0.2, 0.25) is 0 Å². The highest BCUT2D eigenvalue weighted by molar-refractivity contribution is 5.91. The van der Waals surface area contributed by atoms with Crippen LogP contribution in [-0.4, -0.2) is 46.7 Å². The molecule has 0 aromatic carbocycles. The fourth-order valence-corrected chi connectivity index (χ4v) is 3.32. The lowest BCUT2D eigenvalue weighted by atomic mass is 10.00. The Hall–Kier alpha value is -2.47. The van der Waals surface area contributed by atoms with E-state index >= 15 is 0 Å². The summed E-state index contributed by atoms with van der Waals surface area (Å²) in [5, 5.41) is 1.05. The van der Waals surface area contributed by atoms with Gasteiger partial charge in [0.15, 0.2) is 0 Å². The van der Waals surface area contributed by atoms with Crippen molar-refractivity contribution in [1.29, 1.82) is 0 Å². The van der Waals surface area contributed by atoms with E-state index < -0.39 is 0 Å². The summed E-state index contributed by atoms with van der Waals surface area (Å²) in [4.78, 5) is 18.6. The second-order valence-electron chi connectivity index (χ2n) is 6.31. The highest BCUT2D eigenvalue weighted by Gasteiger charge is 2.18. The summed E-state index contributed by atoms with van der Waals surface area (Å²) in [6.45, 7) is 2.73. The van der Waals surface area contributed by atoms with Gasteiger partial charge in [-0.15, -0.1) is 0 Å². The maximum absolute atomic E-state index is 5.46. The normalized spacial score (nSPS) is 15.7. The quantitative estimate of drug-likeness (QED) is 0.799. The number of aromatic nitrogens is 4. The summed E-state index contributed by atoms with van der Waals surface area (Å²) in [7, 11) is 2.11. The number of nitrogens with zero attached hydrogens (tertiary/aromatic N) is 4. The average Bonchev–Trinajstić information content (AvgIpc) is 3.07. The van der Waals surface area contributed by atoms with Crippen molar-refractivity contribution in [1.82, 2.24) is 19.9 Å². The SMILES string of the molecule is CN(CC1CCOCC1)c1ncnc2[nH]c(-c3ccncc3)cc12. The Balaban J connectivity index is 1.64. The summed E-state index contributed by atoms with van der Waals surface area (Å²) in [6.07, 6.45) is 7.46. The van der Waals surface area contributed by atoms with Crippen LogP contribution in [0.2, 0.25) is 0 Å². The van der Waals surface area contributed by atoms with Crippen LogP contribution < -0.4 is 4.90 Å². The molecule has 1 aliphatic heterocycles. The largest absolute Gasteiger partial charge is 0.381 e. The van der Waals surface area contributed by atoms with Gasteiger partial charge in [-0.05, 0) is 37.0 Å². The van der Waals surface area contributed by atoms with E-state index in [1.54, 1.807) is 18.7 Å². The molecular formula is C18H21N5O. The highest BCUT2D eigenvalue weighted by Crippen LogP contribution is 2.29. The third kappa shape index (κ3) is 2.97. The zero-order valence-electron chi connectivity index (χ0n) is 13.8. The molecule has 4 heterocycles. The molecule has 1 fully saturated rings. The van der Waals surface area contributed by atoms with E-state index in [1.165, 1.54) is 0 Å². The standard InChI is InChI=1S/C18H21N5O/c1-23(11-13-4-8-24-9-5-13)18-15-10-16(14-2-6-19-7-3-14)22-17(15)20-12-21-18/h2-3,6-7,10,12-13H,4-5,8-9,11H2,1H3,(H,20,21,22). The van der Waals surface area contributed by atoms with Crippen LogP contribution in [0.1, 0.15) is 12.8 Å². The molecule has 4 rings (SSSR count). The first-order chi connectivity index (χ1) is 11.8. The van der Waals surface area contributed by atoms with Crippen molar-refractivity contribution < 1.29 is 4.74 Å². The molecule has 3 aromatic heterocycles. The van der Waals surface area contributed by atoms with Gasteiger partial charge in [0.25, 0.3) is 0 Å². The molecule has 0 atom stereocenters. The molecule has 3 aromatic rings. The van der Waals surface area contributed by atoms with Crippen molar-refractivity contribution in [2.75, 3.05) is 31.7 Å². The second kappa shape index (κ2) is 6.57. The molecule has 0 radical (unpaired) electrons. The molecule has 0 amide bonds. The Morgan fingerprint density at radius 1 is 1.21 bits per heavy atom. The number of hydrogen-bond donors (Lipinski definition) is 1. The first-order valence-corrected chi connectivity index (χ1v) is 8.34. The maximum Gasteiger partial charge on any atom is 0.143 e. The third-order valence-electron chi connectivity index (χ3n) is 4.63. The number of H-pyrrole nitrogens is 1. The van der Waals surface area contributed by atoms with Crippen LogP contribution in [0.3, 0.4) is 0 Å². The van der Waals surface area contributed by atoms with E-state index in [9.17, 15) is 0 Å². The van der Waals surface area contributed by atoms with E-state index in [0.717, 1.165) is 60.7 Å². The molecule has 1 aliphatic rings. The molecule has 124 valence electrons. The van der Waals surface area contributed by atoms with Gasteiger partial charge in [-0.2, -0.15) is 0 Å². The van der Waals surface area contributed by atoms with E-state index in [4.69, 9.17) is 4.74 Å². The van der Waals surface area contributed by atoms with Gasteiger partial charge in [-0.1, -0.05) is 0 Å². The second-order valence-corrected chi connectivity index (χ2v) is 6.31. The monoisotopic (exact) mass is 323 g/mol. The van der Waals surface area contributed by atoms with E-state index in [-0.39, 0.29) is 0 Å². The van der Waals surface area contributed by atoms with Crippen LogP contribution in [-0.2, 0) is 4.74 Å². The van der Waals surface area contributed by atoms with E-state index in [0.29, 0.717) is 5.92 Å². The molecule has 24 heavy (non-hydrogen) atoms. The lowest BCUT2D eigenvalue weighted by Crippen LogP contribution is -2.30. The Kier molecular flexibility index (Phi) is 4.13. The Bertz CT molecular complexity index is 811. The van der Waals surface area contributed by atoms with Gasteiger partial charge in [-0.3, -0.25) is 4.98 Å². The van der Waals surface area contributed by atoms with Gasteiger partial charge in [0.1, 0.15) is 17.8 Å². The number of anilines is 1. The Morgan fingerprint density at radius 2 is 2.00 bits per heavy atom. The van der Waals surface area contributed by atoms with Gasteiger partial charge in [0.05, 0.1) is 5.39 Å². The molecule has 1 saturated heterocycles. The zero-order chi connectivity index (χ0) is 16.4. The summed E-state index contributed by atoms with van der Waals surface area (Å²) < 4.78 is 5.46. The van der Waals surface area contributed by atoms with E-state index in [2.05, 4.69) is 37.9 Å². The van der Waals surface area contributed by atoms with Crippen molar-refractivity contribution >= 4 is 16.9 Å². The number of aromatic amines is 1. The van der Waals surface area contributed by atoms with Crippen LogP contribution in [0.4, 0.5) is 5.82 Å². The molecule has 6 heteroatoms. The fraction of sp³-hybridized carbons (Fsp3) is 0.389. The van der Waals surface area contributed by atoms with Crippen LogP contribution in [0.5, 0.6) is 0 Å². The molecule has 6 nitrogen and oxygen atoms in total. The average molecular weight is 323 g/mol. The summed E-state index contributed by atoms with van der Waals surface area (Å²) in [5.74, 6) is 1.63. The number of hydrogen-bond acceptors (Lipinski definition) is 5. The molecule has 0 aliphatic carbocycles. The van der Waals surface area contributed by atoms with Crippen LogP contribution >= 0.6 is 0 Å². The van der Waals surface area contributed by atoms with Crippen molar-refractivity contribution in [3.05, 3.63) is 36.9 Å². The first kappa shape index (κ1) is 15.1. The number of nitrogens with one attached hydrogen (secondary N) is 1. The first-order valence-electron chi connectivity index (χ1n) is 8.34. The zero-order valence-corrected chi connectivity index (χ0v) is 13.8. The molecule has 0 spiro atoms. The van der Waals surface area contributed by atoms with Crippen molar-refractivity contribution in [2.24, 2.45) is 5.92 Å². The minimum Gasteiger partial charge on any atom is -0.381 e. The molecular weight excluding hydrogens is 302 g/mol. The smallest absolute Gasteiger partial charge is 0.143 e. The fourth-order valence-electron chi connectivity index (χ4n) is 3.32. The summed E-state index contributed by atoms with van der Waals surface area (Å²) >= 11 is 0. The number of fused-ring (bicyclic) bond motifs is 1. The molecule has 1 N–H and O–H groups in total. The lowest BCUT2D eigenvalue weighted by Gasteiger charge is -2.27. The summed E-state index contributed by atoms with van der Waals surface area (Å²) in [5.41, 5.74) is 3.00. The maximum atomic E-state index is 5.46. The minimum absolute atomic E-state index is 0.660. The Labute approximate surface area is 140 Å². The molecule has 0 bridgehead atoms. The van der Waals surface area contributed by atoms with Gasteiger partial charge in [0, 0.05) is 50.5 Å². The number of ether oxygens (including phenoxy) is 1. The topological polar surface area (TPSA) is 66.9 Å². The Morgan fingerprint density at radius 3 is 2.79 bits per heavy atom. The lowest BCUT2D eigenvalue weighted by molar-refractivity contribution is 0.0685. The molecule has 0 unspecified atom stereocenters. The van der Waals surface area contributed by atoms with Crippen LogP contribution in [0.25, 0.3) is 22.3 Å². The number of rotatable bonds is 4. The van der Waals surface area contributed by atoms with E-state index in [1.807, 2.05) is 12.1 Å². The predicted molar refractivity (Wildman–Crippen MR) is 93.9 cm³/mol. The van der Waals surface area contributed by atoms with Gasteiger partial charge >= 0.3 is 0 Å². The van der Waals surface area contributed by atoms with Crippen molar-refractivity contribution in [2.45, 2.75) is 12.8 Å². The van der Waals surface area contributed by atoms with Crippen molar-refractivity contribution in [3.8, 4) is 11.3 Å². The predicted octanol–water partition coefficient (Wildman–Crippen LogP) is 2.88. The van der Waals surface area contributed by atoms with Crippen LogP contribution in [0, 0.1) is 5.92 Å². The number of pyridine rings is 1. The van der Waals surface area contributed by atoms with Crippen LogP contribution in [0.15, 0.2) is 36.9 Å². The van der Waals surface area contributed by atoms with Crippen molar-refractivity contribution in [3.63, 3.8) is 0 Å².